The zero-order valence-electron chi connectivity index (χ0n) is 10.2. The first-order chi connectivity index (χ1) is 8.70. The van der Waals surface area contributed by atoms with Crippen molar-refractivity contribution in [2.75, 3.05) is 11.9 Å². The molecule has 18 heavy (non-hydrogen) atoms. The first kappa shape index (κ1) is 11.5. The zero-order valence-corrected chi connectivity index (χ0v) is 11.0. The van der Waals surface area contributed by atoms with E-state index in [1.807, 2.05) is 0 Å². The summed E-state index contributed by atoms with van der Waals surface area (Å²) in [6, 6.07) is 6.58. The van der Waals surface area contributed by atoms with Crippen molar-refractivity contribution in [1.29, 1.82) is 0 Å². The highest BCUT2D eigenvalue weighted by Crippen LogP contribution is 2.27. The fourth-order valence-electron chi connectivity index (χ4n) is 2.12. The van der Waals surface area contributed by atoms with Crippen LogP contribution in [-0.4, -0.2) is 23.5 Å². The average molecular weight is 261 g/mol. The normalized spacial score (nSPS) is 19.8. The van der Waals surface area contributed by atoms with Crippen LogP contribution in [0.2, 0.25) is 0 Å². The van der Waals surface area contributed by atoms with Gasteiger partial charge in [0.15, 0.2) is 5.13 Å². The van der Waals surface area contributed by atoms with E-state index in [1.54, 1.807) is 11.3 Å². The minimum atomic E-state index is 0.146. The molecular formula is C13H15N3OS. The van der Waals surface area contributed by atoms with Crippen LogP contribution in [0.15, 0.2) is 18.2 Å². The van der Waals surface area contributed by atoms with Gasteiger partial charge in [-0.2, -0.15) is 0 Å². The number of nitrogens with zero attached hydrogens (tertiary/aromatic N) is 1. The van der Waals surface area contributed by atoms with Gasteiger partial charge in [-0.25, -0.2) is 4.98 Å². The fourth-order valence-corrected chi connectivity index (χ4v) is 3.17. The van der Waals surface area contributed by atoms with Gasteiger partial charge in [0.1, 0.15) is 0 Å². The number of amides is 1. The number of carbonyl (C=O) groups excluding carboxylic acids is 1. The summed E-state index contributed by atoms with van der Waals surface area (Å²) in [6.45, 7) is 2.77. The lowest BCUT2D eigenvalue weighted by Gasteiger charge is -2.22. The molecule has 1 atom stereocenters. The van der Waals surface area contributed by atoms with Crippen LogP contribution in [0, 0.1) is 6.92 Å². The molecule has 0 spiro atoms. The van der Waals surface area contributed by atoms with E-state index in [0.717, 1.165) is 17.1 Å². The average Bonchev–Trinajstić information content (AvgIpc) is 2.73. The van der Waals surface area contributed by atoms with Crippen LogP contribution in [0.4, 0.5) is 5.13 Å². The Morgan fingerprint density at radius 1 is 1.50 bits per heavy atom. The van der Waals surface area contributed by atoms with Gasteiger partial charge in [-0.3, -0.25) is 4.79 Å². The maximum absolute atomic E-state index is 11.1. The molecule has 5 heteroatoms. The minimum absolute atomic E-state index is 0.146. The van der Waals surface area contributed by atoms with Crippen molar-refractivity contribution in [3.05, 3.63) is 23.8 Å². The Hall–Kier alpha value is -1.62. The molecule has 3 rings (SSSR count). The van der Waals surface area contributed by atoms with Gasteiger partial charge in [0.25, 0.3) is 0 Å². The van der Waals surface area contributed by atoms with Crippen LogP contribution in [0.25, 0.3) is 10.2 Å². The van der Waals surface area contributed by atoms with E-state index in [1.165, 1.54) is 10.3 Å². The SMILES string of the molecule is Cc1ccc2nc(NC3CCC(=O)NC3)sc2c1. The van der Waals surface area contributed by atoms with Crippen molar-refractivity contribution in [3.8, 4) is 0 Å². The number of rotatable bonds is 2. The molecule has 94 valence electrons. The summed E-state index contributed by atoms with van der Waals surface area (Å²) in [7, 11) is 0. The molecule has 1 amide bonds. The van der Waals surface area contributed by atoms with Gasteiger partial charge < -0.3 is 10.6 Å². The number of hydrogen-bond donors (Lipinski definition) is 2. The molecule has 0 saturated carbocycles. The Labute approximate surface area is 109 Å². The number of anilines is 1. The first-order valence-electron chi connectivity index (χ1n) is 6.11. The summed E-state index contributed by atoms with van der Waals surface area (Å²) < 4.78 is 1.21. The van der Waals surface area contributed by atoms with Crippen molar-refractivity contribution in [2.24, 2.45) is 0 Å². The first-order valence-corrected chi connectivity index (χ1v) is 6.93. The predicted molar refractivity (Wildman–Crippen MR) is 74.0 cm³/mol. The molecule has 1 fully saturated rings. The van der Waals surface area contributed by atoms with Crippen molar-refractivity contribution in [2.45, 2.75) is 25.8 Å². The van der Waals surface area contributed by atoms with Gasteiger partial charge in [0, 0.05) is 19.0 Å². The van der Waals surface area contributed by atoms with Crippen molar-refractivity contribution in [1.82, 2.24) is 10.3 Å². The smallest absolute Gasteiger partial charge is 0.220 e. The molecule has 1 aromatic heterocycles. The molecule has 2 heterocycles. The maximum atomic E-state index is 11.1. The molecular weight excluding hydrogens is 246 g/mol. The standard InChI is InChI=1S/C13H15N3OS/c1-8-2-4-10-11(6-8)18-13(16-10)15-9-3-5-12(17)14-7-9/h2,4,6,9H,3,5,7H2,1H3,(H,14,17)(H,15,16). The van der Waals surface area contributed by atoms with Crippen LogP contribution < -0.4 is 10.6 Å². The third-order valence-electron chi connectivity index (χ3n) is 3.14. The summed E-state index contributed by atoms with van der Waals surface area (Å²) in [4.78, 5) is 15.6. The number of aromatic nitrogens is 1. The van der Waals surface area contributed by atoms with Crippen LogP contribution in [0.1, 0.15) is 18.4 Å². The number of carbonyl (C=O) groups is 1. The van der Waals surface area contributed by atoms with E-state index in [4.69, 9.17) is 0 Å². The number of thiazole rings is 1. The summed E-state index contributed by atoms with van der Waals surface area (Å²) in [5.74, 6) is 0.146. The molecule has 1 aromatic carbocycles. The van der Waals surface area contributed by atoms with Gasteiger partial charge in [0.2, 0.25) is 5.91 Å². The molecule has 0 bridgehead atoms. The van der Waals surface area contributed by atoms with E-state index in [0.29, 0.717) is 19.0 Å². The van der Waals surface area contributed by atoms with E-state index >= 15 is 0 Å². The van der Waals surface area contributed by atoms with Crippen LogP contribution >= 0.6 is 11.3 Å². The van der Waals surface area contributed by atoms with Gasteiger partial charge in [-0.15, -0.1) is 0 Å². The highest BCUT2D eigenvalue weighted by Gasteiger charge is 2.18. The minimum Gasteiger partial charge on any atom is -0.357 e. The van der Waals surface area contributed by atoms with Crippen molar-refractivity contribution >= 4 is 32.6 Å². The Morgan fingerprint density at radius 2 is 2.39 bits per heavy atom. The number of hydrogen-bond acceptors (Lipinski definition) is 4. The lowest BCUT2D eigenvalue weighted by molar-refractivity contribution is -0.122. The van der Waals surface area contributed by atoms with E-state index < -0.39 is 0 Å². The topological polar surface area (TPSA) is 54.0 Å². The summed E-state index contributed by atoms with van der Waals surface area (Å²) in [6.07, 6.45) is 1.47. The van der Waals surface area contributed by atoms with Gasteiger partial charge in [0.05, 0.1) is 10.2 Å². The van der Waals surface area contributed by atoms with Gasteiger partial charge in [-0.05, 0) is 31.0 Å². The lowest BCUT2D eigenvalue weighted by Crippen LogP contribution is -2.41. The summed E-state index contributed by atoms with van der Waals surface area (Å²) in [5, 5.41) is 7.22. The van der Waals surface area contributed by atoms with Crippen LogP contribution in [0.3, 0.4) is 0 Å². The molecule has 2 aromatic rings. The van der Waals surface area contributed by atoms with Crippen LogP contribution in [0.5, 0.6) is 0 Å². The number of piperidine rings is 1. The fraction of sp³-hybridized carbons (Fsp3) is 0.385. The van der Waals surface area contributed by atoms with Crippen molar-refractivity contribution in [3.63, 3.8) is 0 Å². The Kier molecular flexibility index (Phi) is 2.91. The second-order valence-corrected chi connectivity index (χ2v) is 5.70. The summed E-state index contributed by atoms with van der Waals surface area (Å²) >= 11 is 1.67. The lowest BCUT2D eigenvalue weighted by atomic mass is 10.1. The maximum Gasteiger partial charge on any atom is 0.220 e. The molecule has 2 N–H and O–H groups in total. The van der Waals surface area contributed by atoms with E-state index in [-0.39, 0.29) is 5.91 Å². The highest BCUT2D eigenvalue weighted by atomic mass is 32.1. The zero-order chi connectivity index (χ0) is 12.5. The Bertz CT molecular complexity index is 583. The van der Waals surface area contributed by atoms with Crippen LogP contribution in [-0.2, 0) is 4.79 Å². The Balaban J connectivity index is 1.76. The summed E-state index contributed by atoms with van der Waals surface area (Å²) in [5.41, 5.74) is 2.29. The monoisotopic (exact) mass is 261 g/mol. The molecule has 0 aliphatic carbocycles. The van der Waals surface area contributed by atoms with Gasteiger partial charge in [-0.1, -0.05) is 17.4 Å². The second-order valence-electron chi connectivity index (χ2n) is 4.67. The number of nitrogens with one attached hydrogen (secondary N) is 2. The van der Waals surface area contributed by atoms with E-state index in [2.05, 4.69) is 40.7 Å². The number of benzene rings is 1. The van der Waals surface area contributed by atoms with E-state index in [9.17, 15) is 4.79 Å². The molecule has 0 radical (unpaired) electrons. The quantitative estimate of drug-likeness (QED) is 0.872. The molecule has 1 aliphatic rings. The predicted octanol–water partition coefficient (Wildman–Crippen LogP) is 2.30. The third kappa shape index (κ3) is 2.31. The Morgan fingerprint density at radius 3 is 3.17 bits per heavy atom. The molecule has 1 aliphatic heterocycles. The largest absolute Gasteiger partial charge is 0.357 e. The number of aryl methyl sites for hydroxylation is 1. The van der Waals surface area contributed by atoms with Crippen molar-refractivity contribution < 1.29 is 4.79 Å². The second kappa shape index (κ2) is 4.57. The number of fused-ring (bicyclic) bond motifs is 1. The molecule has 1 saturated heterocycles. The third-order valence-corrected chi connectivity index (χ3v) is 4.09. The molecule has 4 nitrogen and oxygen atoms in total. The molecule has 1 unspecified atom stereocenters. The van der Waals surface area contributed by atoms with Gasteiger partial charge >= 0.3 is 0 Å². The highest BCUT2D eigenvalue weighted by molar-refractivity contribution is 7.22.